The molecule has 0 unspecified atom stereocenters. The molecule has 0 radical (unpaired) electrons. The summed E-state index contributed by atoms with van der Waals surface area (Å²) in [6.07, 6.45) is 1.97. The van der Waals surface area contributed by atoms with Crippen LogP contribution in [0.15, 0.2) is 41.8 Å². The Kier molecular flexibility index (Phi) is 3.94. The first-order chi connectivity index (χ1) is 8.24. The number of benzene rings is 1. The number of nitrogens with two attached hydrogens (primary N) is 1. The topological polar surface area (TPSA) is 43.1 Å². The predicted octanol–water partition coefficient (Wildman–Crippen LogP) is 3.07. The van der Waals surface area contributed by atoms with Gasteiger partial charge < -0.3 is 5.73 Å². The van der Waals surface area contributed by atoms with Gasteiger partial charge >= 0.3 is 0 Å². The highest BCUT2D eigenvalue weighted by Gasteiger charge is 2.04. The number of nitrogen functional groups attached to an aromatic ring is 1. The Balaban J connectivity index is 1.83. The van der Waals surface area contributed by atoms with E-state index in [9.17, 15) is 4.79 Å². The zero-order chi connectivity index (χ0) is 12.1. The Bertz CT molecular complexity index is 473. The van der Waals surface area contributed by atoms with Gasteiger partial charge in [-0.3, -0.25) is 4.79 Å². The van der Waals surface area contributed by atoms with Crippen molar-refractivity contribution >= 4 is 22.8 Å². The number of anilines is 1. The summed E-state index contributed by atoms with van der Waals surface area (Å²) in [5.74, 6) is 0.281. The zero-order valence-corrected chi connectivity index (χ0v) is 10.4. The van der Waals surface area contributed by atoms with Crippen LogP contribution in [-0.4, -0.2) is 5.78 Å². The molecule has 0 aliphatic carbocycles. The van der Waals surface area contributed by atoms with Crippen LogP contribution in [0.3, 0.4) is 0 Å². The van der Waals surface area contributed by atoms with E-state index in [1.54, 1.807) is 11.3 Å². The molecule has 0 atom stereocenters. The van der Waals surface area contributed by atoms with E-state index in [0.717, 1.165) is 17.7 Å². The van der Waals surface area contributed by atoms with Crippen LogP contribution >= 0.6 is 11.3 Å². The maximum Gasteiger partial charge on any atom is 0.137 e. The fraction of sp³-hybridized carbons (Fsp3) is 0.214. The molecule has 0 aliphatic heterocycles. The van der Waals surface area contributed by atoms with E-state index < -0.39 is 0 Å². The maximum absolute atomic E-state index is 11.8. The van der Waals surface area contributed by atoms with Gasteiger partial charge in [-0.2, -0.15) is 0 Å². The molecule has 0 amide bonds. The number of Topliss-reactive ketones (excluding diaryl/α,β-unsaturated/α-hetero) is 1. The molecular weight excluding hydrogens is 230 g/mol. The van der Waals surface area contributed by atoms with Crippen LogP contribution in [0.5, 0.6) is 0 Å². The highest BCUT2D eigenvalue weighted by molar-refractivity contribution is 7.09. The van der Waals surface area contributed by atoms with E-state index in [4.69, 9.17) is 5.73 Å². The van der Waals surface area contributed by atoms with Crippen LogP contribution < -0.4 is 5.73 Å². The highest BCUT2D eigenvalue weighted by atomic mass is 32.1. The van der Waals surface area contributed by atoms with Gasteiger partial charge in [0, 0.05) is 23.4 Å². The van der Waals surface area contributed by atoms with Crippen molar-refractivity contribution in [3.05, 3.63) is 52.2 Å². The minimum absolute atomic E-state index is 0.281. The number of thiophene rings is 1. The van der Waals surface area contributed by atoms with E-state index in [-0.39, 0.29) is 5.78 Å². The summed E-state index contributed by atoms with van der Waals surface area (Å²) in [7, 11) is 0. The van der Waals surface area contributed by atoms with Crippen LogP contribution in [-0.2, 0) is 17.6 Å². The minimum Gasteiger partial charge on any atom is -0.399 e. The first kappa shape index (κ1) is 11.9. The van der Waals surface area contributed by atoms with E-state index in [2.05, 4.69) is 6.07 Å². The van der Waals surface area contributed by atoms with Crippen molar-refractivity contribution < 1.29 is 4.79 Å². The molecule has 0 spiro atoms. The lowest BCUT2D eigenvalue weighted by molar-refractivity contribution is -0.118. The summed E-state index contributed by atoms with van der Waals surface area (Å²) in [5.41, 5.74) is 7.37. The fourth-order valence-electron chi connectivity index (χ4n) is 1.67. The number of ketones is 1. The number of rotatable bonds is 5. The summed E-state index contributed by atoms with van der Waals surface area (Å²) in [6, 6.07) is 11.6. The molecule has 3 heteroatoms. The first-order valence-corrected chi connectivity index (χ1v) is 6.50. The smallest absolute Gasteiger partial charge is 0.137 e. The second kappa shape index (κ2) is 5.64. The van der Waals surface area contributed by atoms with Crippen molar-refractivity contribution in [3.8, 4) is 0 Å². The molecule has 1 aromatic carbocycles. The fourth-order valence-corrected chi connectivity index (χ4v) is 2.38. The molecular formula is C14H15NOS. The highest BCUT2D eigenvalue weighted by Crippen LogP contribution is 2.12. The van der Waals surface area contributed by atoms with Gasteiger partial charge in [0.1, 0.15) is 5.78 Å². The number of hydrogen-bond acceptors (Lipinski definition) is 3. The summed E-state index contributed by atoms with van der Waals surface area (Å²) >= 11 is 1.70. The SMILES string of the molecule is Nc1ccc(CC(=O)CCc2cccs2)cc1. The van der Waals surface area contributed by atoms with Gasteiger partial charge in [0.15, 0.2) is 0 Å². The van der Waals surface area contributed by atoms with Gasteiger partial charge in [0.25, 0.3) is 0 Å². The number of aryl methyl sites for hydroxylation is 1. The molecule has 2 N–H and O–H groups in total. The Morgan fingerprint density at radius 3 is 2.59 bits per heavy atom. The van der Waals surface area contributed by atoms with Crippen LogP contribution in [0.2, 0.25) is 0 Å². The summed E-state index contributed by atoms with van der Waals surface area (Å²) in [5, 5.41) is 2.04. The van der Waals surface area contributed by atoms with E-state index >= 15 is 0 Å². The van der Waals surface area contributed by atoms with Crippen LogP contribution in [0, 0.1) is 0 Å². The molecule has 1 aromatic heterocycles. The zero-order valence-electron chi connectivity index (χ0n) is 9.56. The third kappa shape index (κ3) is 3.71. The maximum atomic E-state index is 11.8. The molecule has 0 bridgehead atoms. The molecule has 17 heavy (non-hydrogen) atoms. The molecule has 2 nitrogen and oxygen atoms in total. The number of hydrogen-bond donors (Lipinski definition) is 1. The number of carbonyl (C=O) groups excluding carboxylic acids is 1. The van der Waals surface area contributed by atoms with Gasteiger partial charge in [-0.1, -0.05) is 18.2 Å². The molecule has 0 saturated heterocycles. The molecule has 88 valence electrons. The third-order valence-corrected chi connectivity index (χ3v) is 3.55. The van der Waals surface area contributed by atoms with E-state index in [1.807, 2.05) is 35.7 Å². The average Bonchev–Trinajstić information content (AvgIpc) is 2.83. The molecule has 2 aromatic rings. The van der Waals surface area contributed by atoms with Crippen LogP contribution in [0.4, 0.5) is 5.69 Å². The quantitative estimate of drug-likeness (QED) is 0.823. The van der Waals surface area contributed by atoms with Crippen LogP contribution in [0.1, 0.15) is 16.9 Å². The Morgan fingerprint density at radius 2 is 1.94 bits per heavy atom. The largest absolute Gasteiger partial charge is 0.399 e. The van der Waals surface area contributed by atoms with Gasteiger partial charge in [0.05, 0.1) is 0 Å². The Labute approximate surface area is 105 Å². The average molecular weight is 245 g/mol. The van der Waals surface area contributed by atoms with Gasteiger partial charge in [-0.25, -0.2) is 0 Å². The van der Waals surface area contributed by atoms with Crippen molar-refractivity contribution in [3.63, 3.8) is 0 Å². The molecule has 2 rings (SSSR count). The van der Waals surface area contributed by atoms with Crippen molar-refractivity contribution in [2.45, 2.75) is 19.3 Å². The summed E-state index contributed by atoms with van der Waals surface area (Å²) in [4.78, 5) is 13.0. The molecule has 0 saturated carbocycles. The lowest BCUT2D eigenvalue weighted by Gasteiger charge is -2.01. The number of carbonyl (C=O) groups is 1. The van der Waals surface area contributed by atoms with Crippen LogP contribution in [0.25, 0.3) is 0 Å². The van der Waals surface area contributed by atoms with Gasteiger partial charge in [0.2, 0.25) is 0 Å². The second-order valence-electron chi connectivity index (χ2n) is 4.04. The standard InChI is InChI=1S/C14H15NOS/c15-12-5-3-11(4-6-12)10-13(16)7-8-14-2-1-9-17-14/h1-6,9H,7-8,10,15H2. The normalized spacial score (nSPS) is 10.4. The van der Waals surface area contributed by atoms with Gasteiger partial charge in [-0.05, 0) is 35.6 Å². The first-order valence-electron chi connectivity index (χ1n) is 5.62. The Hall–Kier alpha value is -1.61. The van der Waals surface area contributed by atoms with E-state index in [1.165, 1.54) is 4.88 Å². The molecule has 0 fully saturated rings. The second-order valence-corrected chi connectivity index (χ2v) is 5.07. The van der Waals surface area contributed by atoms with E-state index in [0.29, 0.717) is 12.8 Å². The predicted molar refractivity (Wildman–Crippen MR) is 72.2 cm³/mol. The van der Waals surface area contributed by atoms with Crippen molar-refractivity contribution in [2.24, 2.45) is 0 Å². The summed E-state index contributed by atoms with van der Waals surface area (Å²) in [6.45, 7) is 0. The molecule has 1 heterocycles. The third-order valence-electron chi connectivity index (χ3n) is 2.61. The minimum atomic E-state index is 0.281. The summed E-state index contributed by atoms with van der Waals surface area (Å²) < 4.78 is 0. The van der Waals surface area contributed by atoms with Crippen molar-refractivity contribution in [1.82, 2.24) is 0 Å². The Morgan fingerprint density at radius 1 is 1.18 bits per heavy atom. The van der Waals surface area contributed by atoms with Crippen molar-refractivity contribution in [1.29, 1.82) is 0 Å². The lowest BCUT2D eigenvalue weighted by atomic mass is 10.1. The van der Waals surface area contributed by atoms with Gasteiger partial charge in [-0.15, -0.1) is 11.3 Å². The molecule has 0 aliphatic rings. The monoisotopic (exact) mass is 245 g/mol. The lowest BCUT2D eigenvalue weighted by Crippen LogP contribution is -2.03. The van der Waals surface area contributed by atoms with Crippen molar-refractivity contribution in [2.75, 3.05) is 5.73 Å².